The first kappa shape index (κ1) is 28.8. The van der Waals surface area contributed by atoms with Crippen LogP contribution in [0.5, 0.6) is 5.75 Å². The first-order valence-corrected chi connectivity index (χ1v) is 14.9. The Labute approximate surface area is 225 Å². The quantitative estimate of drug-likeness (QED) is 0.424. The highest BCUT2D eigenvalue weighted by atomic mass is 35.5. The highest BCUT2D eigenvalue weighted by Crippen LogP contribution is 2.25. The summed E-state index contributed by atoms with van der Waals surface area (Å²) in [5, 5.41) is 3.56. The van der Waals surface area contributed by atoms with E-state index in [1.54, 1.807) is 42.5 Å². The molecule has 10 heteroatoms. The predicted molar refractivity (Wildman–Crippen MR) is 146 cm³/mol. The fraction of sp³-hybridized carbons (Fsp3) is 0.481. The van der Waals surface area contributed by atoms with Gasteiger partial charge in [0.05, 0.1) is 18.6 Å². The Hall–Kier alpha value is -2.78. The number of halogens is 1. The maximum Gasteiger partial charge on any atom is 0.244 e. The van der Waals surface area contributed by atoms with E-state index in [0.717, 1.165) is 36.2 Å². The molecule has 1 atom stereocenters. The molecular weight excluding hydrogens is 514 g/mol. The van der Waals surface area contributed by atoms with Crippen molar-refractivity contribution in [1.82, 2.24) is 10.2 Å². The molecule has 0 unspecified atom stereocenters. The van der Waals surface area contributed by atoms with Crippen molar-refractivity contribution in [2.45, 2.75) is 64.6 Å². The summed E-state index contributed by atoms with van der Waals surface area (Å²) in [6.07, 6.45) is 5.39. The summed E-state index contributed by atoms with van der Waals surface area (Å²) in [4.78, 5) is 28.5. The number of rotatable bonds is 12. The van der Waals surface area contributed by atoms with E-state index in [1.165, 1.54) is 4.90 Å². The number of anilines is 1. The largest absolute Gasteiger partial charge is 0.494 e. The third kappa shape index (κ3) is 7.85. The lowest BCUT2D eigenvalue weighted by Gasteiger charge is -2.33. The lowest BCUT2D eigenvalue weighted by molar-refractivity contribution is -0.140. The number of ether oxygens (including phenoxy) is 1. The Morgan fingerprint density at radius 1 is 1.08 bits per heavy atom. The van der Waals surface area contributed by atoms with Gasteiger partial charge < -0.3 is 15.0 Å². The van der Waals surface area contributed by atoms with Crippen LogP contribution in [-0.4, -0.2) is 56.6 Å². The number of hydrogen-bond donors (Lipinski definition) is 1. The molecule has 0 bridgehead atoms. The molecule has 0 aromatic heterocycles. The van der Waals surface area contributed by atoms with E-state index in [0.29, 0.717) is 35.1 Å². The number of benzene rings is 2. The summed E-state index contributed by atoms with van der Waals surface area (Å²) in [5.74, 6) is -0.129. The van der Waals surface area contributed by atoms with Crippen molar-refractivity contribution in [2.75, 3.05) is 23.7 Å². The molecule has 2 amide bonds. The number of nitrogens with one attached hydrogen (secondary N) is 1. The molecule has 0 heterocycles. The molecule has 202 valence electrons. The number of hydrogen-bond acceptors (Lipinski definition) is 5. The fourth-order valence-electron chi connectivity index (χ4n) is 4.59. The highest BCUT2D eigenvalue weighted by Gasteiger charge is 2.33. The second kappa shape index (κ2) is 13.1. The molecule has 0 radical (unpaired) electrons. The summed E-state index contributed by atoms with van der Waals surface area (Å²) >= 11 is 6.40. The van der Waals surface area contributed by atoms with E-state index in [-0.39, 0.29) is 18.5 Å². The van der Waals surface area contributed by atoms with Gasteiger partial charge in [0.2, 0.25) is 21.8 Å². The number of carbonyl (C=O) groups excluding carboxylic acids is 2. The van der Waals surface area contributed by atoms with Gasteiger partial charge in [-0.15, -0.1) is 0 Å². The third-order valence-electron chi connectivity index (χ3n) is 6.50. The second-order valence-electron chi connectivity index (χ2n) is 9.22. The zero-order valence-corrected chi connectivity index (χ0v) is 23.2. The number of amides is 2. The van der Waals surface area contributed by atoms with Crippen LogP contribution < -0.4 is 14.4 Å². The van der Waals surface area contributed by atoms with Gasteiger partial charge in [-0.05, 0) is 62.1 Å². The van der Waals surface area contributed by atoms with Crippen LogP contribution in [0.1, 0.15) is 51.5 Å². The average molecular weight is 550 g/mol. The van der Waals surface area contributed by atoms with Crippen LogP contribution in [0.3, 0.4) is 0 Å². The number of nitrogens with zero attached hydrogens (tertiary/aromatic N) is 2. The van der Waals surface area contributed by atoms with Crippen molar-refractivity contribution in [1.29, 1.82) is 0 Å². The SMILES string of the molecule is CCOc1ccc(N(CC(=O)N(Cc2ccccc2Cl)[C@H](CC)C(=O)NC2CCCC2)S(C)(=O)=O)cc1. The van der Waals surface area contributed by atoms with E-state index in [4.69, 9.17) is 16.3 Å². The Balaban J connectivity index is 1.91. The molecule has 8 nitrogen and oxygen atoms in total. The van der Waals surface area contributed by atoms with E-state index in [2.05, 4.69) is 5.32 Å². The smallest absolute Gasteiger partial charge is 0.244 e. The minimum atomic E-state index is -3.81. The predicted octanol–water partition coefficient (Wildman–Crippen LogP) is 4.37. The third-order valence-corrected chi connectivity index (χ3v) is 8.01. The first-order chi connectivity index (χ1) is 17.6. The molecular formula is C27H36ClN3O5S. The molecule has 1 aliphatic carbocycles. The minimum Gasteiger partial charge on any atom is -0.494 e. The van der Waals surface area contributed by atoms with Crippen LogP contribution in [0.2, 0.25) is 5.02 Å². The monoisotopic (exact) mass is 549 g/mol. The van der Waals surface area contributed by atoms with Gasteiger partial charge in [-0.2, -0.15) is 0 Å². The van der Waals surface area contributed by atoms with Gasteiger partial charge in [-0.1, -0.05) is 49.6 Å². The van der Waals surface area contributed by atoms with Crippen molar-refractivity contribution in [3.05, 3.63) is 59.1 Å². The fourth-order valence-corrected chi connectivity index (χ4v) is 5.63. The Morgan fingerprint density at radius 3 is 2.30 bits per heavy atom. The van der Waals surface area contributed by atoms with Crippen molar-refractivity contribution in [3.63, 3.8) is 0 Å². The summed E-state index contributed by atoms with van der Waals surface area (Å²) in [6.45, 7) is 3.80. The molecule has 2 aromatic carbocycles. The molecule has 2 aromatic rings. The van der Waals surface area contributed by atoms with Crippen molar-refractivity contribution in [3.8, 4) is 5.75 Å². The van der Waals surface area contributed by atoms with Crippen LogP contribution >= 0.6 is 11.6 Å². The Morgan fingerprint density at radius 2 is 1.73 bits per heavy atom. The van der Waals surface area contributed by atoms with Gasteiger partial charge in [0.1, 0.15) is 18.3 Å². The maximum atomic E-state index is 13.8. The highest BCUT2D eigenvalue weighted by molar-refractivity contribution is 7.92. The van der Waals surface area contributed by atoms with E-state index < -0.39 is 28.5 Å². The number of carbonyl (C=O) groups is 2. The second-order valence-corrected chi connectivity index (χ2v) is 11.5. The Kier molecular flexibility index (Phi) is 10.2. The summed E-state index contributed by atoms with van der Waals surface area (Å²) in [5.41, 5.74) is 1.01. The molecule has 37 heavy (non-hydrogen) atoms. The van der Waals surface area contributed by atoms with Gasteiger partial charge in [0, 0.05) is 17.6 Å². The normalized spacial score (nSPS) is 14.7. The van der Waals surface area contributed by atoms with Crippen LogP contribution in [0.25, 0.3) is 0 Å². The van der Waals surface area contributed by atoms with Crippen LogP contribution in [0.4, 0.5) is 5.69 Å². The van der Waals surface area contributed by atoms with Crippen molar-refractivity contribution in [2.24, 2.45) is 0 Å². The summed E-state index contributed by atoms with van der Waals surface area (Å²) < 4.78 is 32.0. The maximum absolute atomic E-state index is 13.8. The lowest BCUT2D eigenvalue weighted by Crippen LogP contribution is -2.53. The molecule has 1 aliphatic rings. The van der Waals surface area contributed by atoms with Gasteiger partial charge >= 0.3 is 0 Å². The van der Waals surface area contributed by atoms with Gasteiger partial charge in [-0.25, -0.2) is 8.42 Å². The molecule has 0 saturated heterocycles. The lowest BCUT2D eigenvalue weighted by atomic mass is 10.1. The van der Waals surface area contributed by atoms with E-state index >= 15 is 0 Å². The van der Waals surface area contributed by atoms with Gasteiger partial charge in [0.25, 0.3) is 0 Å². The molecule has 3 rings (SSSR count). The minimum absolute atomic E-state index is 0.0793. The standard InChI is InChI=1S/C27H36ClN3O5S/c1-4-25(27(33)29-21-11-7-8-12-21)30(18-20-10-6-9-13-24(20)28)26(32)19-31(37(3,34)35)22-14-16-23(17-15-22)36-5-2/h6,9-10,13-17,21,25H,4-5,7-8,11-12,18-19H2,1-3H3,(H,29,33)/t25-/m1/s1. The molecule has 1 fully saturated rings. The summed E-state index contributed by atoms with van der Waals surface area (Å²) in [7, 11) is -3.81. The van der Waals surface area contributed by atoms with E-state index in [9.17, 15) is 18.0 Å². The van der Waals surface area contributed by atoms with Crippen LogP contribution in [0, 0.1) is 0 Å². The molecule has 1 saturated carbocycles. The molecule has 0 spiro atoms. The topological polar surface area (TPSA) is 96.0 Å². The molecule has 0 aliphatic heterocycles. The van der Waals surface area contributed by atoms with Gasteiger partial charge in [0.15, 0.2) is 0 Å². The first-order valence-electron chi connectivity index (χ1n) is 12.7. The molecule has 1 N–H and O–H groups in total. The van der Waals surface area contributed by atoms with Crippen LogP contribution in [0.15, 0.2) is 48.5 Å². The zero-order chi connectivity index (χ0) is 27.0. The Bertz CT molecular complexity index is 1170. The van der Waals surface area contributed by atoms with Crippen molar-refractivity contribution >= 4 is 39.1 Å². The summed E-state index contributed by atoms with van der Waals surface area (Å²) in [6, 6.07) is 13.0. The zero-order valence-electron chi connectivity index (χ0n) is 21.7. The van der Waals surface area contributed by atoms with Crippen molar-refractivity contribution < 1.29 is 22.7 Å². The average Bonchev–Trinajstić information content (AvgIpc) is 3.36. The number of sulfonamides is 1. The van der Waals surface area contributed by atoms with Crippen LogP contribution in [-0.2, 0) is 26.2 Å². The van der Waals surface area contributed by atoms with Gasteiger partial charge in [-0.3, -0.25) is 13.9 Å². The van der Waals surface area contributed by atoms with E-state index in [1.807, 2.05) is 19.9 Å².